The highest BCUT2D eigenvalue weighted by Gasteiger charge is 2.56. The Bertz CT molecular complexity index is 543. The first-order chi connectivity index (χ1) is 9.70. The summed E-state index contributed by atoms with van der Waals surface area (Å²) in [5.74, 6) is -0.884. The highest BCUT2D eigenvalue weighted by molar-refractivity contribution is 7.91. The molecule has 6 nitrogen and oxygen atoms in total. The maximum absolute atomic E-state index is 12.2. The van der Waals surface area contributed by atoms with Crippen LogP contribution in [0.2, 0.25) is 0 Å². The Morgan fingerprint density at radius 1 is 1.10 bits per heavy atom. The van der Waals surface area contributed by atoms with Crippen molar-refractivity contribution in [1.82, 2.24) is 10.0 Å². The number of carbonyl (C=O) groups is 2. The van der Waals surface area contributed by atoms with Crippen LogP contribution in [0.5, 0.6) is 0 Å². The third-order valence-corrected chi connectivity index (χ3v) is 6.89. The molecule has 0 saturated heterocycles. The monoisotopic (exact) mass is 316 g/mol. The molecule has 0 aromatic heterocycles. The van der Waals surface area contributed by atoms with Gasteiger partial charge in [0.25, 0.3) is 5.91 Å². The number of nitrogens with one attached hydrogen (secondary N) is 2. The molecule has 21 heavy (non-hydrogen) atoms. The van der Waals surface area contributed by atoms with Crippen LogP contribution in [-0.2, 0) is 19.6 Å². The topological polar surface area (TPSA) is 92.3 Å². The van der Waals surface area contributed by atoms with Crippen LogP contribution in [0.25, 0.3) is 0 Å². The van der Waals surface area contributed by atoms with Crippen molar-refractivity contribution in [2.24, 2.45) is 5.92 Å². The molecule has 2 saturated carbocycles. The van der Waals surface area contributed by atoms with Crippen LogP contribution in [0.1, 0.15) is 59.3 Å². The SMILES string of the molecule is CCC(CC)C(=O)NC1(C(=O)NS(=O)(=O)C2(C)CC2)CC1. The quantitative estimate of drug-likeness (QED) is 0.735. The highest BCUT2D eigenvalue weighted by Crippen LogP contribution is 2.43. The Labute approximate surface area is 126 Å². The average Bonchev–Trinajstić information content (AvgIpc) is 3.29. The Kier molecular flexibility index (Phi) is 4.08. The van der Waals surface area contributed by atoms with E-state index in [1.54, 1.807) is 6.92 Å². The zero-order valence-electron chi connectivity index (χ0n) is 12.9. The van der Waals surface area contributed by atoms with Gasteiger partial charge in [0, 0.05) is 5.92 Å². The summed E-state index contributed by atoms with van der Waals surface area (Å²) in [5, 5.41) is 2.75. The average molecular weight is 316 g/mol. The second-order valence-electron chi connectivity index (χ2n) is 6.47. The van der Waals surface area contributed by atoms with Gasteiger partial charge in [-0.05, 0) is 45.4 Å². The summed E-state index contributed by atoms with van der Waals surface area (Å²) in [5.41, 5.74) is -1.02. The van der Waals surface area contributed by atoms with Crippen molar-refractivity contribution in [3.05, 3.63) is 0 Å². The van der Waals surface area contributed by atoms with E-state index in [4.69, 9.17) is 0 Å². The zero-order valence-corrected chi connectivity index (χ0v) is 13.7. The van der Waals surface area contributed by atoms with Crippen molar-refractivity contribution in [1.29, 1.82) is 0 Å². The van der Waals surface area contributed by atoms with E-state index in [0.29, 0.717) is 38.5 Å². The molecule has 0 atom stereocenters. The molecule has 2 fully saturated rings. The lowest BCUT2D eigenvalue weighted by Crippen LogP contribution is -2.53. The van der Waals surface area contributed by atoms with Gasteiger partial charge < -0.3 is 5.32 Å². The largest absolute Gasteiger partial charge is 0.341 e. The van der Waals surface area contributed by atoms with Crippen LogP contribution in [0.3, 0.4) is 0 Å². The number of sulfonamides is 1. The van der Waals surface area contributed by atoms with Gasteiger partial charge in [-0.3, -0.25) is 14.3 Å². The molecule has 7 heteroatoms. The summed E-state index contributed by atoms with van der Waals surface area (Å²) in [6.07, 6.45) is 3.55. The first kappa shape index (κ1) is 16.3. The maximum atomic E-state index is 12.2. The number of hydrogen-bond acceptors (Lipinski definition) is 4. The van der Waals surface area contributed by atoms with Crippen molar-refractivity contribution in [3.8, 4) is 0 Å². The fourth-order valence-electron chi connectivity index (χ4n) is 2.32. The molecule has 0 aromatic rings. The van der Waals surface area contributed by atoms with Crippen LogP contribution in [0, 0.1) is 5.92 Å². The normalized spacial score (nSPS) is 21.7. The molecule has 0 spiro atoms. The predicted molar refractivity (Wildman–Crippen MR) is 78.9 cm³/mol. The molecule has 0 bridgehead atoms. The Morgan fingerprint density at radius 3 is 2.00 bits per heavy atom. The lowest BCUT2D eigenvalue weighted by molar-refractivity contribution is -0.131. The molecule has 0 aromatic carbocycles. The van der Waals surface area contributed by atoms with Gasteiger partial charge in [-0.25, -0.2) is 8.42 Å². The maximum Gasteiger partial charge on any atom is 0.259 e. The van der Waals surface area contributed by atoms with Crippen LogP contribution in [0.4, 0.5) is 0 Å². The molecule has 0 unspecified atom stereocenters. The minimum absolute atomic E-state index is 0.132. The molecule has 2 amide bonds. The van der Waals surface area contributed by atoms with Crippen molar-refractivity contribution in [2.45, 2.75) is 69.6 Å². The second-order valence-corrected chi connectivity index (χ2v) is 8.67. The van der Waals surface area contributed by atoms with Crippen molar-refractivity contribution in [3.63, 3.8) is 0 Å². The van der Waals surface area contributed by atoms with E-state index >= 15 is 0 Å². The fourth-order valence-corrected chi connectivity index (χ4v) is 3.64. The molecular formula is C14H24N2O4S. The molecule has 2 aliphatic rings. The van der Waals surface area contributed by atoms with Crippen LogP contribution in [-0.4, -0.2) is 30.5 Å². The van der Waals surface area contributed by atoms with Gasteiger partial charge >= 0.3 is 0 Å². The summed E-state index contributed by atoms with van der Waals surface area (Å²) in [4.78, 5) is 24.3. The lowest BCUT2D eigenvalue weighted by Gasteiger charge is -2.21. The van der Waals surface area contributed by atoms with E-state index < -0.39 is 26.2 Å². The molecule has 0 aliphatic heterocycles. The van der Waals surface area contributed by atoms with Gasteiger partial charge in [0.1, 0.15) is 5.54 Å². The third-order valence-electron chi connectivity index (χ3n) is 4.73. The van der Waals surface area contributed by atoms with Gasteiger partial charge in [0.2, 0.25) is 15.9 Å². The highest BCUT2D eigenvalue weighted by atomic mass is 32.2. The van der Waals surface area contributed by atoms with E-state index in [1.165, 1.54) is 0 Å². The van der Waals surface area contributed by atoms with E-state index in [1.807, 2.05) is 13.8 Å². The lowest BCUT2D eigenvalue weighted by atomic mass is 10.0. The summed E-state index contributed by atoms with van der Waals surface area (Å²) < 4.78 is 25.5. The standard InChI is InChI=1S/C14H24N2O4S/c1-4-10(5-2)11(17)15-14(8-9-14)12(18)16-21(19,20)13(3)6-7-13/h10H,4-9H2,1-3H3,(H,15,17)(H,16,18). The molecule has 120 valence electrons. The summed E-state index contributed by atoms with van der Waals surface area (Å²) >= 11 is 0. The Balaban J connectivity index is 2.00. The third kappa shape index (κ3) is 3.07. The first-order valence-corrected chi connectivity index (χ1v) is 9.07. The minimum atomic E-state index is -3.65. The van der Waals surface area contributed by atoms with Gasteiger partial charge in [-0.1, -0.05) is 13.8 Å². The van der Waals surface area contributed by atoms with Crippen LogP contribution in [0.15, 0.2) is 0 Å². The molecular weight excluding hydrogens is 292 g/mol. The zero-order chi connectivity index (χ0) is 15.9. The molecule has 2 N–H and O–H groups in total. The Hall–Kier alpha value is -1.11. The van der Waals surface area contributed by atoms with Crippen LogP contribution >= 0.6 is 0 Å². The summed E-state index contributed by atoms with van der Waals surface area (Å²) in [6, 6.07) is 0. The number of amides is 2. The van der Waals surface area contributed by atoms with E-state index in [2.05, 4.69) is 10.0 Å². The van der Waals surface area contributed by atoms with Gasteiger partial charge in [-0.15, -0.1) is 0 Å². The summed E-state index contributed by atoms with van der Waals surface area (Å²) in [7, 11) is -3.65. The molecule has 0 heterocycles. The second kappa shape index (κ2) is 5.26. The van der Waals surface area contributed by atoms with Gasteiger partial charge in [-0.2, -0.15) is 0 Å². The predicted octanol–water partition coefficient (Wildman–Crippen LogP) is 1.07. The number of rotatable bonds is 7. The van der Waals surface area contributed by atoms with Crippen molar-refractivity contribution in [2.75, 3.05) is 0 Å². The van der Waals surface area contributed by atoms with E-state index in [0.717, 1.165) is 0 Å². The Morgan fingerprint density at radius 2 is 1.62 bits per heavy atom. The molecule has 0 radical (unpaired) electrons. The van der Waals surface area contributed by atoms with E-state index in [9.17, 15) is 18.0 Å². The van der Waals surface area contributed by atoms with Gasteiger partial charge in [0.15, 0.2) is 0 Å². The fraction of sp³-hybridized carbons (Fsp3) is 0.857. The van der Waals surface area contributed by atoms with Crippen LogP contribution < -0.4 is 10.0 Å². The van der Waals surface area contributed by atoms with E-state index in [-0.39, 0.29) is 11.8 Å². The minimum Gasteiger partial charge on any atom is -0.341 e. The smallest absolute Gasteiger partial charge is 0.259 e. The molecule has 2 rings (SSSR count). The summed E-state index contributed by atoms with van der Waals surface area (Å²) in [6.45, 7) is 5.47. The number of hydrogen-bond donors (Lipinski definition) is 2. The number of carbonyl (C=O) groups excluding carboxylic acids is 2. The van der Waals surface area contributed by atoms with Crippen molar-refractivity contribution >= 4 is 21.8 Å². The molecule has 2 aliphatic carbocycles. The first-order valence-electron chi connectivity index (χ1n) is 7.58. The van der Waals surface area contributed by atoms with Crippen molar-refractivity contribution < 1.29 is 18.0 Å². The van der Waals surface area contributed by atoms with Gasteiger partial charge in [0.05, 0.1) is 4.75 Å².